The molecule has 0 amide bonds. The largest absolute Gasteiger partial charge is 0.491 e. The fourth-order valence-corrected chi connectivity index (χ4v) is 1.42. The Labute approximate surface area is 95.4 Å². The Morgan fingerprint density at radius 3 is 2.17 bits per heavy atom. The van der Waals surface area contributed by atoms with Gasteiger partial charge in [-0.15, -0.1) is 0 Å². The molecule has 0 bridgehead atoms. The number of benzene rings is 1. The molecule has 18 heavy (non-hydrogen) atoms. The van der Waals surface area contributed by atoms with Crippen molar-refractivity contribution in [3.63, 3.8) is 0 Å². The summed E-state index contributed by atoms with van der Waals surface area (Å²) in [5.74, 6) is -7.66. The molecule has 0 aliphatic rings. The first-order chi connectivity index (χ1) is 8.27. The molecule has 0 atom stereocenters. The van der Waals surface area contributed by atoms with E-state index >= 15 is 0 Å². The first-order valence-corrected chi connectivity index (χ1v) is 4.44. The third-order valence-electron chi connectivity index (χ3n) is 2.20. The summed E-state index contributed by atoms with van der Waals surface area (Å²) in [5.41, 5.74) is -1.98. The van der Waals surface area contributed by atoms with Gasteiger partial charge in [0.15, 0.2) is 17.4 Å². The quantitative estimate of drug-likeness (QED) is 0.639. The Kier molecular flexibility index (Phi) is 2.63. The summed E-state index contributed by atoms with van der Waals surface area (Å²) in [6.07, 6.45) is -4.93. The molecule has 2 rings (SSSR count). The summed E-state index contributed by atoms with van der Waals surface area (Å²) >= 11 is 0. The van der Waals surface area contributed by atoms with E-state index in [-0.39, 0.29) is 0 Å². The zero-order chi connectivity index (χ0) is 13.7. The molecule has 0 aliphatic heterocycles. The lowest BCUT2D eigenvalue weighted by molar-refractivity contribution is -0.144. The van der Waals surface area contributed by atoms with Crippen molar-refractivity contribution in [3.05, 3.63) is 23.3 Å². The number of fused-ring (bicyclic) bond motifs is 1. The number of rotatable bonds is 1. The first-order valence-electron chi connectivity index (χ1n) is 4.44. The SMILES string of the molecule is COc1c(F)c(F)c2[nH]c(C(F)(F)F)nc2c1F. The standard InChI is InChI=1S/C9H4F6N2O/c1-18-7-3(11)2(10)5-6(4(7)12)17-8(16-5)9(13,14)15/h1H3,(H,16,17). The molecule has 0 fully saturated rings. The Balaban J connectivity index is 2.85. The lowest BCUT2D eigenvalue weighted by atomic mass is 10.2. The number of hydrogen-bond donors (Lipinski definition) is 1. The summed E-state index contributed by atoms with van der Waals surface area (Å²) in [6.45, 7) is 0. The molecule has 0 unspecified atom stereocenters. The van der Waals surface area contributed by atoms with Gasteiger partial charge in [-0.25, -0.2) is 13.8 Å². The Bertz CT molecular complexity index is 618. The number of methoxy groups -OCH3 is 1. The van der Waals surface area contributed by atoms with Crippen LogP contribution < -0.4 is 4.74 Å². The van der Waals surface area contributed by atoms with Gasteiger partial charge in [0.05, 0.1) is 7.11 Å². The van der Waals surface area contributed by atoms with Crippen molar-refractivity contribution in [2.45, 2.75) is 6.18 Å². The van der Waals surface area contributed by atoms with E-state index in [2.05, 4.69) is 9.72 Å². The highest BCUT2D eigenvalue weighted by molar-refractivity contribution is 5.79. The maximum atomic E-state index is 13.5. The van der Waals surface area contributed by atoms with Gasteiger partial charge in [0.1, 0.15) is 11.0 Å². The van der Waals surface area contributed by atoms with Crippen LogP contribution in [-0.4, -0.2) is 17.1 Å². The lowest BCUT2D eigenvalue weighted by Gasteiger charge is -2.04. The number of aromatic amines is 1. The molecule has 9 heteroatoms. The van der Waals surface area contributed by atoms with E-state index in [9.17, 15) is 26.3 Å². The van der Waals surface area contributed by atoms with Crippen molar-refractivity contribution in [3.8, 4) is 5.75 Å². The fraction of sp³-hybridized carbons (Fsp3) is 0.222. The predicted molar refractivity (Wildman–Crippen MR) is 47.5 cm³/mol. The molecule has 1 N–H and O–H groups in total. The van der Waals surface area contributed by atoms with Crippen molar-refractivity contribution in [2.75, 3.05) is 7.11 Å². The average Bonchev–Trinajstić information content (AvgIpc) is 2.71. The molecule has 0 aliphatic carbocycles. The van der Waals surface area contributed by atoms with Gasteiger partial charge in [0.2, 0.25) is 11.6 Å². The van der Waals surface area contributed by atoms with E-state index in [1.807, 2.05) is 0 Å². The number of imidazole rings is 1. The van der Waals surface area contributed by atoms with Crippen molar-refractivity contribution >= 4 is 11.0 Å². The van der Waals surface area contributed by atoms with Gasteiger partial charge in [-0.2, -0.15) is 17.6 Å². The third kappa shape index (κ3) is 1.66. The van der Waals surface area contributed by atoms with Gasteiger partial charge < -0.3 is 9.72 Å². The minimum absolute atomic E-state index is 0.851. The van der Waals surface area contributed by atoms with Crippen LogP contribution in [0.1, 0.15) is 5.82 Å². The van der Waals surface area contributed by atoms with Gasteiger partial charge in [-0.3, -0.25) is 0 Å². The molecule has 1 heterocycles. The highest BCUT2D eigenvalue weighted by atomic mass is 19.4. The van der Waals surface area contributed by atoms with Crippen LogP contribution in [0, 0.1) is 17.5 Å². The highest BCUT2D eigenvalue weighted by Crippen LogP contribution is 2.34. The number of aromatic nitrogens is 2. The Hall–Kier alpha value is -1.93. The monoisotopic (exact) mass is 270 g/mol. The number of halogens is 6. The number of nitrogens with zero attached hydrogens (tertiary/aromatic N) is 1. The third-order valence-corrected chi connectivity index (χ3v) is 2.20. The lowest BCUT2D eigenvalue weighted by Crippen LogP contribution is -2.06. The fourth-order valence-electron chi connectivity index (χ4n) is 1.42. The van der Waals surface area contributed by atoms with Gasteiger partial charge >= 0.3 is 6.18 Å². The molecular weight excluding hydrogens is 266 g/mol. The maximum Gasteiger partial charge on any atom is 0.449 e. The van der Waals surface area contributed by atoms with Gasteiger partial charge in [0, 0.05) is 0 Å². The number of hydrogen-bond acceptors (Lipinski definition) is 2. The normalized spacial score (nSPS) is 12.2. The maximum absolute atomic E-state index is 13.5. The van der Waals surface area contributed by atoms with Gasteiger partial charge in [-0.1, -0.05) is 0 Å². The average molecular weight is 270 g/mol. The molecule has 0 radical (unpaired) electrons. The van der Waals surface area contributed by atoms with Crippen LogP contribution in [0.15, 0.2) is 0 Å². The second-order valence-corrected chi connectivity index (χ2v) is 3.28. The van der Waals surface area contributed by atoms with Crippen LogP contribution in [0.25, 0.3) is 11.0 Å². The van der Waals surface area contributed by atoms with Crippen molar-refractivity contribution < 1.29 is 31.1 Å². The number of ether oxygens (including phenoxy) is 1. The summed E-state index contributed by atoms with van der Waals surface area (Å²) < 4.78 is 81.3. The van der Waals surface area contributed by atoms with Crippen LogP contribution >= 0.6 is 0 Å². The summed E-state index contributed by atoms with van der Waals surface area (Å²) in [5, 5.41) is 0. The second-order valence-electron chi connectivity index (χ2n) is 3.28. The van der Waals surface area contributed by atoms with Gasteiger partial charge in [0.25, 0.3) is 0 Å². The number of alkyl halides is 3. The van der Waals surface area contributed by atoms with Crippen LogP contribution in [0.4, 0.5) is 26.3 Å². The smallest absolute Gasteiger partial charge is 0.449 e. The van der Waals surface area contributed by atoms with Crippen molar-refractivity contribution in [2.24, 2.45) is 0 Å². The molecule has 0 spiro atoms. The first kappa shape index (κ1) is 12.5. The molecular formula is C9H4F6N2O. The van der Waals surface area contributed by atoms with Crippen LogP contribution in [0.2, 0.25) is 0 Å². The molecule has 0 saturated heterocycles. The van der Waals surface area contributed by atoms with Crippen LogP contribution in [-0.2, 0) is 6.18 Å². The van der Waals surface area contributed by atoms with Crippen LogP contribution in [0.5, 0.6) is 5.75 Å². The summed E-state index contributed by atoms with van der Waals surface area (Å²) in [7, 11) is 0.851. The van der Waals surface area contributed by atoms with Crippen molar-refractivity contribution in [1.29, 1.82) is 0 Å². The van der Waals surface area contributed by atoms with E-state index in [0.29, 0.717) is 0 Å². The minimum atomic E-state index is -4.93. The second kappa shape index (κ2) is 3.79. The molecule has 1 aromatic heterocycles. The molecule has 3 nitrogen and oxygen atoms in total. The highest BCUT2D eigenvalue weighted by Gasteiger charge is 2.36. The number of H-pyrrole nitrogens is 1. The van der Waals surface area contributed by atoms with E-state index in [0.717, 1.165) is 7.11 Å². The zero-order valence-corrected chi connectivity index (χ0v) is 8.62. The van der Waals surface area contributed by atoms with E-state index < -0.39 is 46.2 Å². The van der Waals surface area contributed by atoms with Crippen LogP contribution in [0.3, 0.4) is 0 Å². The predicted octanol–water partition coefficient (Wildman–Crippen LogP) is 3.01. The zero-order valence-electron chi connectivity index (χ0n) is 8.62. The molecule has 98 valence electrons. The molecule has 0 saturated carbocycles. The van der Waals surface area contributed by atoms with Crippen molar-refractivity contribution in [1.82, 2.24) is 9.97 Å². The van der Waals surface area contributed by atoms with E-state index in [4.69, 9.17) is 0 Å². The van der Waals surface area contributed by atoms with Gasteiger partial charge in [-0.05, 0) is 0 Å². The Morgan fingerprint density at radius 1 is 1.06 bits per heavy atom. The summed E-state index contributed by atoms with van der Waals surface area (Å²) in [6, 6.07) is 0. The summed E-state index contributed by atoms with van der Waals surface area (Å²) in [4.78, 5) is 4.34. The minimum Gasteiger partial charge on any atom is -0.491 e. The van der Waals surface area contributed by atoms with E-state index in [1.54, 1.807) is 0 Å². The number of nitrogens with one attached hydrogen (secondary N) is 1. The molecule has 1 aromatic carbocycles. The topological polar surface area (TPSA) is 37.9 Å². The molecule has 2 aromatic rings. The Morgan fingerprint density at radius 2 is 1.67 bits per heavy atom. The van der Waals surface area contributed by atoms with E-state index in [1.165, 1.54) is 4.98 Å².